The molecule has 1 aromatic carbocycles. The van der Waals surface area contributed by atoms with Crippen LogP contribution in [0, 0.1) is 5.92 Å². The average molecular weight is 499 g/mol. The van der Waals surface area contributed by atoms with Crippen molar-refractivity contribution in [2.24, 2.45) is 5.92 Å². The Hall–Kier alpha value is -2.78. The van der Waals surface area contributed by atoms with Gasteiger partial charge in [-0.05, 0) is 42.9 Å². The molecule has 2 aliphatic rings. The molecule has 9 nitrogen and oxygen atoms in total. The summed E-state index contributed by atoms with van der Waals surface area (Å²) in [6.45, 7) is 0.894. The first kappa shape index (κ1) is 26.3. The Morgan fingerprint density at radius 2 is 1.94 bits per heavy atom. The highest BCUT2D eigenvalue weighted by Crippen LogP contribution is 2.28. The van der Waals surface area contributed by atoms with Gasteiger partial charge in [-0.3, -0.25) is 24.3 Å². The Kier molecular flexibility index (Phi) is 9.09. The number of fused-ring (bicyclic) bond motifs is 2. The van der Waals surface area contributed by atoms with Crippen LogP contribution in [0.2, 0.25) is 0 Å². The standard InChI is InChI=1S/C27H38N4O5/c32-16-15-30(14-5-4-9-19-7-2-1-3-8-19)25(35)11-6-10-23(33)20-12-13-22-21(17-20)26(36)31-18-24(34)29-27(31)28-22/h12-13,17,19,23,32-33H,1-11,14-16,18H2,(H,28,29,34). The molecule has 4 rings (SSSR count). The van der Waals surface area contributed by atoms with Gasteiger partial charge in [0.15, 0.2) is 0 Å². The van der Waals surface area contributed by atoms with Crippen molar-refractivity contribution < 1.29 is 19.8 Å². The Bertz CT molecular complexity index is 1130. The highest BCUT2D eigenvalue weighted by molar-refractivity contribution is 5.94. The molecule has 0 bridgehead atoms. The Morgan fingerprint density at radius 3 is 2.72 bits per heavy atom. The van der Waals surface area contributed by atoms with E-state index < -0.39 is 6.10 Å². The number of rotatable bonds is 12. The fourth-order valence-electron chi connectivity index (χ4n) is 5.46. The molecule has 196 valence electrons. The number of aliphatic hydroxyl groups is 2. The summed E-state index contributed by atoms with van der Waals surface area (Å²) < 4.78 is 1.30. The first-order chi connectivity index (χ1) is 17.5. The molecule has 2 heterocycles. The van der Waals surface area contributed by atoms with Crippen molar-refractivity contribution in [1.82, 2.24) is 14.5 Å². The molecule has 9 heteroatoms. The van der Waals surface area contributed by atoms with E-state index in [1.54, 1.807) is 23.1 Å². The summed E-state index contributed by atoms with van der Waals surface area (Å²) in [5, 5.41) is 23.0. The molecule has 1 aromatic heterocycles. The molecule has 1 aliphatic carbocycles. The lowest BCUT2D eigenvalue weighted by atomic mass is 9.86. The second-order valence-corrected chi connectivity index (χ2v) is 10.2. The van der Waals surface area contributed by atoms with Gasteiger partial charge in [-0.2, -0.15) is 0 Å². The van der Waals surface area contributed by atoms with E-state index >= 15 is 0 Å². The largest absolute Gasteiger partial charge is 0.395 e. The minimum absolute atomic E-state index is 0.00241. The molecule has 1 atom stereocenters. The predicted molar refractivity (Wildman–Crippen MR) is 138 cm³/mol. The molecule has 3 N–H and O–H groups in total. The molecule has 2 amide bonds. The van der Waals surface area contributed by atoms with Crippen molar-refractivity contribution >= 4 is 28.7 Å². The normalized spacial score (nSPS) is 16.7. The number of hydrogen-bond acceptors (Lipinski definition) is 6. The maximum absolute atomic E-state index is 12.8. The van der Waals surface area contributed by atoms with Crippen molar-refractivity contribution in [3.63, 3.8) is 0 Å². The van der Waals surface area contributed by atoms with Gasteiger partial charge >= 0.3 is 0 Å². The van der Waals surface area contributed by atoms with E-state index in [2.05, 4.69) is 10.3 Å². The lowest BCUT2D eigenvalue weighted by Crippen LogP contribution is -2.34. The fourth-order valence-corrected chi connectivity index (χ4v) is 5.46. The highest BCUT2D eigenvalue weighted by Gasteiger charge is 2.22. The number of amides is 2. The van der Waals surface area contributed by atoms with Crippen LogP contribution in [0.1, 0.15) is 82.3 Å². The third-order valence-electron chi connectivity index (χ3n) is 7.52. The minimum Gasteiger partial charge on any atom is -0.395 e. The maximum atomic E-state index is 12.8. The molecule has 2 aromatic rings. The number of hydrogen-bond donors (Lipinski definition) is 3. The summed E-state index contributed by atoms with van der Waals surface area (Å²) in [6.07, 6.45) is 10.4. The number of nitrogens with zero attached hydrogens (tertiary/aromatic N) is 3. The average Bonchev–Trinajstić information content (AvgIpc) is 3.26. The molecule has 1 saturated carbocycles. The lowest BCUT2D eigenvalue weighted by Gasteiger charge is -2.24. The van der Waals surface area contributed by atoms with E-state index in [4.69, 9.17) is 0 Å². The van der Waals surface area contributed by atoms with Gasteiger partial charge in [0.25, 0.3) is 5.56 Å². The van der Waals surface area contributed by atoms with Crippen LogP contribution in [0.25, 0.3) is 10.9 Å². The summed E-state index contributed by atoms with van der Waals surface area (Å²) in [6, 6.07) is 5.01. The summed E-state index contributed by atoms with van der Waals surface area (Å²) in [5.41, 5.74) is 0.727. The first-order valence-electron chi connectivity index (χ1n) is 13.4. The van der Waals surface area contributed by atoms with Crippen molar-refractivity contribution in [3.8, 4) is 0 Å². The zero-order valence-corrected chi connectivity index (χ0v) is 21.0. The van der Waals surface area contributed by atoms with Crippen LogP contribution in [0.5, 0.6) is 0 Å². The van der Waals surface area contributed by atoms with Crippen molar-refractivity contribution in [1.29, 1.82) is 0 Å². The van der Waals surface area contributed by atoms with Crippen LogP contribution < -0.4 is 10.9 Å². The summed E-state index contributed by atoms with van der Waals surface area (Å²) in [4.78, 5) is 43.2. The van der Waals surface area contributed by atoms with Crippen LogP contribution in [-0.2, 0) is 16.1 Å². The van der Waals surface area contributed by atoms with Crippen molar-refractivity contribution in [2.45, 2.75) is 83.3 Å². The van der Waals surface area contributed by atoms with E-state index in [1.807, 2.05) is 0 Å². The van der Waals surface area contributed by atoms with Gasteiger partial charge < -0.3 is 15.1 Å². The minimum atomic E-state index is -0.818. The molecule has 0 saturated heterocycles. The number of aromatic nitrogens is 2. The third-order valence-corrected chi connectivity index (χ3v) is 7.52. The van der Waals surface area contributed by atoms with Crippen LogP contribution in [0.4, 0.5) is 5.95 Å². The van der Waals surface area contributed by atoms with Gasteiger partial charge in [-0.25, -0.2) is 4.98 Å². The van der Waals surface area contributed by atoms with Crippen LogP contribution >= 0.6 is 0 Å². The zero-order valence-electron chi connectivity index (χ0n) is 21.0. The van der Waals surface area contributed by atoms with E-state index in [0.717, 1.165) is 18.8 Å². The number of unbranched alkanes of at least 4 members (excludes halogenated alkanes) is 1. The Morgan fingerprint density at radius 1 is 1.14 bits per heavy atom. The molecular formula is C27H38N4O5. The lowest BCUT2D eigenvalue weighted by molar-refractivity contribution is -0.132. The maximum Gasteiger partial charge on any atom is 0.263 e. The number of benzene rings is 1. The predicted octanol–water partition coefficient (Wildman–Crippen LogP) is 3.12. The fraction of sp³-hybridized carbons (Fsp3) is 0.630. The van der Waals surface area contributed by atoms with Crippen molar-refractivity contribution in [3.05, 3.63) is 34.1 Å². The van der Waals surface area contributed by atoms with Gasteiger partial charge in [0, 0.05) is 19.5 Å². The van der Waals surface area contributed by atoms with Crippen LogP contribution in [0.15, 0.2) is 23.0 Å². The topological polar surface area (TPSA) is 125 Å². The van der Waals surface area contributed by atoms with E-state index in [0.29, 0.717) is 48.8 Å². The number of carbonyl (C=O) groups excluding carboxylic acids is 2. The molecule has 1 unspecified atom stereocenters. The van der Waals surface area contributed by atoms with Crippen LogP contribution in [0.3, 0.4) is 0 Å². The monoisotopic (exact) mass is 498 g/mol. The zero-order chi connectivity index (χ0) is 25.5. The third kappa shape index (κ3) is 6.50. The van der Waals surface area contributed by atoms with Gasteiger partial charge in [-0.15, -0.1) is 0 Å². The molecule has 1 aliphatic heterocycles. The number of aliphatic hydroxyl groups excluding tert-OH is 2. The molecular weight excluding hydrogens is 460 g/mol. The second-order valence-electron chi connectivity index (χ2n) is 10.2. The number of carbonyl (C=O) groups is 2. The smallest absolute Gasteiger partial charge is 0.263 e. The summed E-state index contributed by atoms with van der Waals surface area (Å²) in [7, 11) is 0. The summed E-state index contributed by atoms with van der Waals surface area (Å²) in [5.74, 6) is 0.803. The van der Waals surface area contributed by atoms with Gasteiger partial charge in [0.1, 0.15) is 6.54 Å². The first-order valence-corrected chi connectivity index (χ1v) is 13.4. The van der Waals surface area contributed by atoms with Crippen LogP contribution in [-0.4, -0.2) is 56.2 Å². The Labute approximate surface area is 211 Å². The van der Waals surface area contributed by atoms with Crippen molar-refractivity contribution in [2.75, 3.05) is 25.0 Å². The second kappa shape index (κ2) is 12.5. The van der Waals surface area contributed by atoms with E-state index in [1.165, 1.54) is 43.1 Å². The highest BCUT2D eigenvalue weighted by atomic mass is 16.3. The quantitative estimate of drug-likeness (QED) is 0.386. The van der Waals surface area contributed by atoms with E-state index in [9.17, 15) is 24.6 Å². The summed E-state index contributed by atoms with van der Waals surface area (Å²) >= 11 is 0. The molecule has 1 fully saturated rings. The Balaban J connectivity index is 1.26. The molecule has 36 heavy (non-hydrogen) atoms. The molecule has 0 radical (unpaired) electrons. The van der Waals surface area contributed by atoms with E-state index in [-0.39, 0.29) is 36.5 Å². The van der Waals surface area contributed by atoms with Gasteiger partial charge in [-0.1, -0.05) is 51.0 Å². The SMILES string of the molecule is O=C1Cn2c(nc3ccc(C(O)CCCC(=O)N(CCO)CCCCC4CCCCC4)cc3c2=O)N1. The molecule has 0 spiro atoms. The van der Waals surface area contributed by atoms with Gasteiger partial charge in [0.05, 0.1) is 23.6 Å². The van der Waals surface area contributed by atoms with Gasteiger partial charge in [0.2, 0.25) is 17.8 Å². The number of nitrogens with one attached hydrogen (secondary N) is 1. The number of anilines is 1.